The Hall–Kier alpha value is 0.225. The topological polar surface area (TPSA) is 50.2 Å². The summed E-state index contributed by atoms with van der Waals surface area (Å²) in [6.07, 6.45) is 3.10. The van der Waals surface area contributed by atoms with E-state index in [2.05, 4.69) is 16.1 Å². The largest absolute Gasteiger partial charge is 1.00 e. The molecule has 0 unspecified atom stereocenters. The number of nitrogens with one attached hydrogen (secondary N) is 1. The molecule has 5 heteroatoms. The molecule has 50 valence electrons. The van der Waals surface area contributed by atoms with Crippen molar-refractivity contribution in [2.24, 2.45) is 0 Å². The molecule has 0 fully saturated rings. The van der Waals surface area contributed by atoms with Gasteiger partial charge >= 0.3 is 58.2 Å². The van der Waals surface area contributed by atoms with Gasteiger partial charge in [0.2, 0.25) is 0 Å². The van der Waals surface area contributed by atoms with Crippen LogP contribution in [0.3, 0.4) is 0 Å². The van der Waals surface area contributed by atoms with Gasteiger partial charge in [-0.1, -0.05) is 0 Å². The predicted molar refractivity (Wildman–Crippen MR) is 34.6 cm³/mol. The van der Waals surface area contributed by atoms with Gasteiger partial charge in [-0.15, -0.1) is 6.20 Å². The van der Waals surface area contributed by atoms with Crippen LogP contribution >= 0.6 is 0 Å². The Balaban J connectivity index is 0.000000605. The molecule has 2 rings (SSSR count). The molecule has 0 aliphatic carbocycles. The maximum absolute atomic E-state index is 10.6. The molecule has 0 amide bonds. The van der Waals surface area contributed by atoms with Crippen LogP contribution in [0.1, 0.15) is 0 Å². The molecule has 0 aliphatic heterocycles. The third-order valence-corrected chi connectivity index (χ3v) is 1.23. The first-order valence-corrected chi connectivity index (χ1v) is 2.80. The first-order valence-electron chi connectivity index (χ1n) is 2.80. The molecular weight excluding hydrogens is 216 g/mol. The number of nitrogens with zero attached hydrogens (tertiary/aromatic N) is 2. The second kappa shape index (κ2) is 3.75. The average molecular weight is 220 g/mol. The normalized spacial score (nSPS) is 9.45. The second-order valence-corrected chi connectivity index (χ2v) is 1.89. The third kappa shape index (κ3) is 1.87. The SMILES string of the molecule is O=c1[c-]cn2nccc2[nH]1.[Rb+]. The van der Waals surface area contributed by atoms with Crippen molar-refractivity contribution in [2.75, 3.05) is 0 Å². The van der Waals surface area contributed by atoms with Gasteiger partial charge in [0.25, 0.3) is 0 Å². The molecule has 11 heavy (non-hydrogen) atoms. The van der Waals surface area contributed by atoms with E-state index in [1.165, 1.54) is 6.20 Å². The van der Waals surface area contributed by atoms with Gasteiger partial charge in [0.15, 0.2) is 0 Å². The Morgan fingerprint density at radius 2 is 2.45 bits per heavy atom. The summed E-state index contributed by atoms with van der Waals surface area (Å²) >= 11 is 0. The molecule has 0 saturated heterocycles. The maximum atomic E-state index is 10.6. The van der Waals surface area contributed by atoms with Crippen LogP contribution in [-0.2, 0) is 0 Å². The van der Waals surface area contributed by atoms with E-state index < -0.39 is 0 Å². The zero-order valence-corrected chi connectivity index (χ0v) is 11.0. The summed E-state index contributed by atoms with van der Waals surface area (Å²) in [6, 6.07) is 4.17. The quantitative estimate of drug-likeness (QED) is 0.475. The molecule has 0 radical (unpaired) electrons. The fourth-order valence-electron chi connectivity index (χ4n) is 0.788. The molecule has 0 spiro atoms. The summed E-state index contributed by atoms with van der Waals surface area (Å²) in [7, 11) is 0. The van der Waals surface area contributed by atoms with Crippen molar-refractivity contribution in [1.82, 2.24) is 14.6 Å². The molecule has 0 aliphatic rings. The van der Waals surface area contributed by atoms with Crippen molar-refractivity contribution >= 4 is 5.65 Å². The van der Waals surface area contributed by atoms with Crippen LogP contribution in [0.15, 0.2) is 23.3 Å². The van der Waals surface area contributed by atoms with E-state index in [1.54, 1.807) is 16.8 Å². The monoisotopic (exact) mass is 219 g/mol. The van der Waals surface area contributed by atoms with Crippen molar-refractivity contribution in [3.63, 3.8) is 0 Å². The van der Waals surface area contributed by atoms with Crippen LogP contribution in [0.2, 0.25) is 0 Å². The van der Waals surface area contributed by atoms with Gasteiger partial charge in [-0.25, -0.2) is 0 Å². The Morgan fingerprint density at radius 3 is 3.27 bits per heavy atom. The number of hydrogen-bond donors (Lipinski definition) is 1. The maximum Gasteiger partial charge on any atom is 1.00 e. The van der Waals surface area contributed by atoms with Crippen LogP contribution in [0.4, 0.5) is 0 Å². The van der Waals surface area contributed by atoms with Crippen molar-refractivity contribution < 1.29 is 58.2 Å². The Bertz CT molecular complexity index is 405. The van der Waals surface area contributed by atoms with E-state index >= 15 is 0 Å². The van der Waals surface area contributed by atoms with Crippen molar-refractivity contribution in [3.05, 3.63) is 34.9 Å². The fraction of sp³-hybridized carbons (Fsp3) is 0. The minimum absolute atomic E-state index is 0. The zero-order valence-electron chi connectivity index (χ0n) is 6.03. The number of hydrogen-bond acceptors (Lipinski definition) is 2. The second-order valence-electron chi connectivity index (χ2n) is 1.89. The molecule has 1 N–H and O–H groups in total. The average Bonchev–Trinajstić information content (AvgIpc) is 2.33. The van der Waals surface area contributed by atoms with Crippen molar-refractivity contribution in [2.45, 2.75) is 0 Å². The van der Waals surface area contributed by atoms with Crippen LogP contribution in [0.5, 0.6) is 0 Å². The van der Waals surface area contributed by atoms with Crippen molar-refractivity contribution in [3.8, 4) is 0 Å². The number of fused-ring (bicyclic) bond motifs is 1. The minimum atomic E-state index is -0.229. The Labute approximate surface area is 111 Å². The van der Waals surface area contributed by atoms with Gasteiger partial charge in [-0.05, 0) is 0 Å². The smallest absolute Gasteiger partial charge is 0.385 e. The molecule has 2 aromatic heterocycles. The van der Waals surface area contributed by atoms with Gasteiger partial charge in [0, 0.05) is 6.07 Å². The van der Waals surface area contributed by atoms with E-state index in [1.807, 2.05) is 0 Å². The van der Waals surface area contributed by atoms with Crippen LogP contribution < -0.4 is 63.7 Å². The number of aromatic nitrogens is 3. The summed E-state index contributed by atoms with van der Waals surface area (Å²) < 4.78 is 1.54. The van der Waals surface area contributed by atoms with Gasteiger partial charge in [0.1, 0.15) is 5.65 Å². The van der Waals surface area contributed by atoms with E-state index in [4.69, 9.17) is 0 Å². The van der Waals surface area contributed by atoms with Crippen LogP contribution in [0.25, 0.3) is 5.65 Å². The Morgan fingerprint density at radius 1 is 1.64 bits per heavy atom. The van der Waals surface area contributed by atoms with Crippen LogP contribution in [0, 0.1) is 6.07 Å². The summed E-state index contributed by atoms with van der Waals surface area (Å²) in [5.74, 6) is 0. The molecular formula is C6H4N3ORb. The van der Waals surface area contributed by atoms with E-state index in [0.29, 0.717) is 5.65 Å². The molecule has 2 aromatic rings. The summed E-state index contributed by atoms with van der Waals surface area (Å²) in [5, 5.41) is 3.88. The molecule has 0 aromatic carbocycles. The van der Waals surface area contributed by atoms with Crippen molar-refractivity contribution in [1.29, 1.82) is 0 Å². The summed E-state index contributed by atoms with van der Waals surface area (Å²) in [5.41, 5.74) is 0.455. The van der Waals surface area contributed by atoms with E-state index in [-0.39, 0.29) is 63.7 Å². The molecule has 0 bridgehead atoms. The fourth-order valence-corrected chi connectivity index (χ4v) is 0.788. The number of H-pyrrole nitrogens is 1. The van der Waals surface area contributed by atoms with E-state index in [0.717, 1.165) is 0 Å². The van der Waals surface area contributed by atoms with Gasteiger partial charge in [-0.2, -0.15) is 5.10 Å². The first-order chi connectivity index (χ1) is 4.86. The van der Waals surface area contributed by atoms with Gasteiger partial charge in [-0.3, -0.25) is 4.52 Å². The summed E-state index contributed by atoms with van der Waals surface area (Å²) in [4.78, 5) is 13.2. The molecule has 0 atom stereocenters. The van der Waals surface area contributed by atoms with Gasteiger partial charge in [0.05, 0.1) is 11.8 Å². The zero-order chi connectivity index (χ0) is 6.97. The molecule has 0 saturated carbocycles. The number of rotatable bonds is 0. The standard InChI is InChI=1S/C6H4N3O.Rb/c10-6-2-4-9-5(8-6)1-3-7-9;/h1,3-4H,(H,8,10);/q-1;+1. The number of aromatic amines is 1. The first kappa shape index (κ1) is 9.31. The van der Waals surface area contributed by atoms with Crippen LogP contribution in [-0.4, -0.2) is 14.6 Å². The van der Waals surface area contributed by atoms with E-state index in [9.17, 15) is 4.79 Å². The Kier molecular flexibility index (Phi) is 3.18. The third-order valence-electron chi connectivity index (χ3n) is 1.23. The van der Waals surface area contributed by atoms with Gasteiger partial charge < -0.3 is 15.8 Å². The summed E-state index contributed by atoms with van der Waals surface area (Å²) in [6.45, 7) is 0. The minimum Gasteiger partial charge on any atom is -0.385 e. The molecule has 4 nitrogen and oxygen atoms in total. The molecule has 2 heterocycles. The predicted octanol–water partition coefficient (Wildman–Crippen LogP) is -3.17.